The zero-order valence-electron chi connectivity index (χ0n) is 20.9. The summed E-state index contributed by atoms with van der Waals surface area (Å²) in [6.07, 6.45) is -0.701. The highest BCUT2D eigenvalue weighted by atomic mass is 19.4. The number of primary amides is 1. The number of carbonyl (C=O) groups is 2. The van der Waals surface area contributed by atoms with Crippen LogP contribution in [0.2, 0.25) is 0 Å². The van der Waals surface area contributed by atoms with Crippen LogP contribution in [-0.4, -0.2) is 70.9 Å². The summed E-state index contributed by atoms with van der Waals surface area (Å²) in [5.74, 6) is -1.28. The maximum Gasteiger partial charge on any atom is 0.421 e. The van der Waals surface area contributed by atoms with Gasteiger partial charge in [0.2, 0.25) is 11.9 Å². The van der Waals surface area contributed by atoms with E-state index in [1.165, 1.54) is 0 Å². The SMILES string of the molecule is CN1CCC(N(C)C(=O)c2ccc(Nc3ncc(C(F)(F)F)c(N[C@H]4CCC(C(N)=O)C4)n3)cc2)CC1. The molecule has 1 aliphatic heterocycles. The van der Waals surface area contributed by atoms with Gasteiger partial charge in [-0.2, -0.15) is 18.2 Å². The molecular weight excluding hydrogens is 487 g/mol. The Kier molecular flexibility index (Phi) is 7.86. The van der Waals surface area contributed by atoms with Gasteiger partial charge in [0.15, 0.2) is 0 Å². The summed E-state index contributed by atoms with van der Waals surface area (Å²) in [7, 11) is 3.88. The number of aromatic nitrogens is 2. The molecule has 2 heterocycles. The predicted octanol–water partition coefficient (Wildman–Crippen LogP) is 3.47. The molecule has 0 bridgehead atoms. The zero-order valence-corrected chi connectivity index (χ0v) is 20.9. The van der Waals surface area contributed by atoms with Crippen molar-refractivity contribution < 1.29 is 22.8 Å². The molecule has 37 heavy (non-hydrogen) atoms. The standard InChI is InChI=1S/C25H32F3N7O2/c1-34-11-9-19(10-12-34)35(2)23(37)15-3-6-17(7-4-15)32-24-30-14-20(25(26,27)28)22(33-24)31-18-8-5-16(13-18)21(29)36/h3-4,6-7,14,16,18-19H,5,8-13H2,1-2H3,(H2,29,36)(H2,30,31,32,33)/t16?,18-/m0/s1. The lowest BCUT2D eigenvalue weighted by atomic mass is 10.0. The van der Waals surface area contributed by atoms with Crippen molar-refractivity contribution in [2.45, 2.75) is 50.4 Å². The van der Waals surface area contributed by atoms with Crippen LogP contribution in [0.1, 0.15) is 48.0 Å². The molecule has 1 aromatic heterocycles. The molecule has 1 saturated carbocycles. The fraction of sp³-hybridized carbons (Fsp3) is 0.520. The van der Waals surface area contributed by atoms with Crippen molar-refractivity contribution in [1.82, 2.24) is 19.8 Å². The van der Waals surface area contributed by atoms with Gasteiger partial charge in [0.05, 0.1) is 0 Å². The number of hydrogen-bond acceptors (Lipinski definition) is 7. The largest absolute Gasteiger partial charge is 0.421 e. The highest BCUT2D eigenvalue weighted by Gasteiger charge is 2.37. The summed E-state index contributed by atoms with van der Waals surface area (Å²) < 4.78 is 40.7. The highest BCUT2D eigenvalue weighted by Crippen LogP contribution is 2.36. The molecule has 2 aromatic rings. The summed E-state index contributed by atoms with van der Waals surface area (Å²) in [5, 5.41) is 5.73. The first-order valence-corrected chi connectivity index (χ1v) is 12.3. The lowest BCUT2D eigenvalue weighted by molar-refractivity contribution is -0.137. The molecule has 12 heteroatoms. The molecule has 0 radical (unpaired) electrons. The van der Waals surface area contributed by atoms with Crippen LogP contribution >= 0.6 is 0 Å². The van der Waals surface area contributed by atoms with Crippen molar-refractivity contribution in [3.8, 4) is 0 Å². The molecule has 4 rings (SSSR count). The number of amides is 2. The van der Waals surface area contributed by atoms with Gasteiger partial charge in [0, 0.05) is 42.5 Å². The number of anilines is 3. The highest BCUT2D eigenvalue weighted by molar-refractivity contribution is 5.94. The molecule has 1 saturated heterocycles. The molecular formula is C25H32F3N7O2. The van der Waals surface area contributed by atoms with E-state index in [4.69, 9.17) is 5.73 Å². The van der Waals surface area contributed by atoms with Gasteiger partial charge in [0.25, 0.3) is 5.91 Å². The number of piperidine rings is 1. The number of nitrogens with one attached hydrogen (secondary N) is 2. The molecule has 4 N–H and O–H groups in total. The van der Waals surface area contributed by atoms with Gasteiger partial charge in [-0.1, -0.05) is 0 Å². The summed E-state index contributed by atoms with van der Waals surface area (Å²) in [5.41, 5.74) is 5.40. The van der Waals surface area contributed by atoms with E-state index in [1.807, 2.05) is 7.05 Å². The molecule has 9 nitrogen and oxygen atoms in total. The predicted molar refractivity (Wildman–Crippen MR) is 133 cm³/mol. The number of nitrogens with two attached hydrogens (primary N) is 1. The van der Waals surface area contributed by atoms with Crippen molar-refractivity contribution in [1.29, 1.82) is 0 Å². The van der Waals surface area contributed by atoms with E-state index in [0.717, 1.165) is 32.1 Å². The Morgan fingerprint density at radius 1 is 1.11 bits per heavy atom. The van der Waals surface area contributed by atoms with E-state index in [2.05, 4.69) is 32.5 Å². The van der Waals surface area contributed by atoms with Crippen molar-refractivity contribution in [3.63, 3.8) is 0 Å². The minimum Gasteiger partial charge on any atom is -0.369 e. The molecule has 2 amide bonds. The molecule has 2 aliphatic rings. The average Bonchev–Trinajstić information content (AvgIpc) is 3.32. The van der Waals surface area contributed by atoms with E-state index in [-0.39, 0.29) is 35.7 Å². The second kappa shape index (κ2) is 10.9. The monoisotopic (exact) mass is 519 g/mol. The number of likely N-dealkylation sites (tertiary alicyclic amines) is 1. The normalized spacial score (nSPS) is 21.0. The molecule has 1 unspecified atom stereocenters. The van der Waals surface area contributed by atoms with Crippen molar-refractivity contribution in [3.05, 3.63) is 41.6 Å². The van der Waals surface area contributed by atoms with Gasteiger partial charge in [-0.15, -0.1) is 0 Å². The van der Waals surface area contributed by atoms with Crippen LogP contribution in [0, 0.1) is 5.92 Å². The van der Waals surface area contributed by atoms with E-state index >= 15 is 0 Å². The lowest BCUT2D eigenvalue weighted by Crippen LogP contribution is -2.44. The molecule has 1 aromatic carbocycles. The van der Waals surface area contributed by atoms with E-state index in [0.29, 0.717) is 30.5 Å². The van der Waals surface area contributed by atoms with Crippen LogP contribution in [0.15, 0.2) is 30.5 Å². The number of alkyl halides is 3. The Hall–Kier alpha value is -3.41. The number of rotatable bonds is 7. The Labute approximate surface area is 213 Å². The third kappa shape index (κ3) is 6.48. The Morgan fingerprint density at radius 3 is 2.38 bits per heavy atom. The summed E-state index contributed by atoms with van der Waals surface area (Å²) in [4.78, 5) is 36.3. The van der Waals surface area contributed by atoms with Crippen molar-refractivity contribution >= 4 is 29.3 Å². The maximum atomic E-state index is 13.6. The summed E-state index contributed by atoms with van der Waals surface area (Å²) >= 11 is 0. The topological polar surface area (TPSA) is 116 Å². The van der Waals surface area contributed by atoms with Crippen LogP contribution < -0.4 is 16.4 Å². The molecule has 200 valence electrons. The average molecular weight is 520 g/mol. The summed E-state index contributed by atoms with van der Waals surface area (Å²) in [6, 6.07) is 6.50. The third-order valence-electron chi connectivity index (χ3n) is 7.21. The molecule has 2 fully saturated rings. The molecule has 2 atom stereocenters. The second-order valence-corrected chi connectivity index (χ2v) is 9.86. The zero-order chi connectivity index (χ0) is 26.7. The van der Waals surface area contributed by atoms with E-state index in [1.54, 1.807) is 29.2 Å². The Morgan fingerprint density at radius 2 is 1.78 bits per heavy atom. The van der Waals surface area contributed by atoms with E-state index < -0.39 is 17.6 Å². The van der Waals surface area contributed by atoms with Gasteiger partial charge in [-0.3, -0.25) is 9.59 Å². The van der Waals surface area contributed by atoms with Crippen molar-refractivity contribution in [2.24, 2.45) is 11.7 Å². The minimum atomic E-state index is -4.65. The van der Waals surface area contributed by atoms with Gasteiger partial charge in [-0.25, -0.2) is 4.98 Å². The van der Waals surface area contributed by atoms with Crippen LogP contribution in [-0.2, 0) is 11.0 Å². The quantitative estimate of drug-likeness (QED) is 0.513. The van der Waals surface area contributed by atoms with Gasteiger partial charge in [0.1, 0.15) is 11.4 Å². The number of benzene rings is 1. The number of hydrogen-bond donors (Lipinski definition) is 3. The first kappa shape index (κ1) is 26.6. The number of nitrogens with zero attached hydrogens (tertiary/aromatic N) is 4. The molecule has 1 aliphatic carbocycles. The second-order valence-electron chi connectivity index (χ2n) is 9.86. The molecule has 0 spiro atoms. The third-order valence-corrected chi connectivity index (χ3v) is 7.21. The van der Waals surface area contributed by atoms with E-state index in [9.17, 15) is 22.8 Å². The number of carbonyl (C=O) groups excluding carboxylic acids is 2. The van der Waals surface area contributed by atoms with Crippen molar-refractivity contribution in [2.75, 3.05) is 37.8 Å². The lowest BCUT2D eigenvalue weighted by Gasteiger charge is -2.35. The van der Waals surface area contributed by atoms with Gasteiger partial charge in [-0.05, 0) is 76.5 Å². The fourth-order valence-corrected chi connectivity index (χ4v) is 4.90. The minimum absolute atomic E-state index is 0.0255. The smallest absolute Gasteiger partial charge is 0.369 e. The van der Waals surface area contributed by atoms with Gasteiger partial charge < -0.3 is 26.2 Å². The van der Waals surface area contributed by atoms with Crippen LogP contribution in [0.25, 0.3) is 0 Å². The number of halogens is 3. The van der Waals surface area contributed by atoms with Crippen LogP contribution in [0.4, 0.5) is 30.6 Å². The van der Waals surface area contributed by atoms with Crippen LogP contribution in [0.5, 0.6) is 0 Å². The first-order valence-electron chi connectivity index (χ1n) is 12.3. The van der Waals surface area contributed by atoms with Gasteiger partial charge >= 0.3 is 6.18 Å². The fourth-order valence-electron chi connectivity index (χ4n) is 4.90. The maximum absolute atomic E-state index is 13.6. The Bertz CT molecular complexity index is 1120. The van der Waals surface area contributed by atoms with Crippen LogP contribution in [0.3, 0.4) is 0 Å². The summed E-state index contributed by atoms with van der Waals surface area (Å²) in [6.45, 7) is 1.89. The Balaban J connectivity index is 1.45. The first-order chi connectivity index (χ1) is 17.5.